The van der Waals surface area contributed by atoms with Gasteiger partial charge in [-0.15, -0.1) is 0 Å². The van der Waals surface area contributed by atoms with Gasteiger partial charge in [-0.1, -0.05) is 23.8 Å². The third kappa shape index (κ3) is 4.92. The number of benzene rings is 2. The number of hydrogen-bond acceptors (Lipinski definition) is 4. The van der Waals surface area contributed by atoms with Crippen LogP contribution in [0, 0.1) is 6.92 Å². The number of carbonyl (C=O) groups excluding carboxylic acids is 3. The van der Waals surface area contributed by atoms with Crippen molar-refractivity contribution in [3.05, 3.63) is 65.2 Å². The summed E-state index contributed by atoms with van der Waals surface area (Å²) in [5, 5.41) is 2.81. The summed E-state index contributed by atoms with van der Waals surface area (Å²) in [4.78, 5) is 37.3. The number of carbonyl (C=O) groups is 3. The van der Waals surface area contributed by atoms with E-state index in [0.717, 1.165) is 5.56 Å². The molecule has 0 saturated carbocycles. The highest BCUT2D eigenvalue weighted by Gasteiger charge is 2.14. The summed E-state index contributed by atoms with van der Waals surface area (Å²) in [6, 6.07) is 13.9. The van der Waals surface area contributed by atoms with Crippen molar-refractivity contribution in [1.29, 1.82) is 0 Å². The number of rotatable bonds is 6. The predicted molar refractivity (Wildman–Crippen MR) is 99.3 cm³/mol. The molecule has 0 fully saturated rings. The zero-order chi connectivity index (χ0) is 19.1. The molecule has 6 nitrogen and oxygen atoms in total. The molecule has 2 rings (SSSR count). The topological polar surface area (TPSA) is 75.7 Å². The van der Waals surface area contributed by atoms with Crippen LogP contribution in [-0.2, 0) is 9.53 Å². The van der Waals surface area contributed by atoms with Crippen molar-refractivity contribution >= 4 is 23.5 Å². The van der Waals surface area contributed by atoms with E-state index in [-0.39, 0.29) is 24.9 Å². The van der Waals surface area contributed by atoms with Crippen molar-refractivity contribution in [3.8, 4) is 0 Å². The Morgan fingerprint density at radius 3 is 2.38 bits per heavy atom. The van der Waals surface area contributed by atoms with Crippen LogP contribution in [0.3, 0.4) is 0 Å². The average molecular weight is 354 g/mol. The molecule has 1 N–H and O–H groups in total. The largest absolute Gasteiger partial charge is 0.465 e. The first-order valence-electron chi connectivity index (χ1n) is 8.23. The molecule has 6 heteroatoms. The summed E-state index contributed by atoms with van der Waals surface area (Å²) < 4.78 is 4.70. The number of methoxy groups -OCH3 is 1. The fourth-order valence-corrected chi connectivity index (χ4v) is 2.56. The van der Waals surface area contributed by atoms with Gasteiger partial charge in [0, 0.05) is 31.3 Å². The van der Waals surface area contributed by atoms with E-state index in [0.29, 0.717) is 16.8 Å². The molecule has 0 heterocycles. The molecule has 0 unspecified atom stereocenters. The molecule has 26 heavy (non-hydrogen) atoms. The molecule has 0 aliphatic rings. The van der Waals surface area contributed by atoms with Gasteiger partial charge in [0.15, 0.2) is 0 Å². The van der Waals surface area contributed by atoms with Gasteiger partial charge < -0.3 is 15.0 Å². The predicted octanol–water partition coefficient (Wildman–Crippen LogP) is 2.56. The first kappa shape index (κ1) is 19.2. The van der Waals surface area contributed by atoms with Gasteiger partial charge in [-0.05, 0) is 37.3 Å². The Morgan fingerprint density at radius 2 is 1.73 bits per heavy atom. The van der Waals surface area contributed by atoms with Gasteiger partial charge in [-0.25, -0.2) is 4.79 Å². The molecule has 0 atom stereocenters. The number of ether oxygens (including phenoxy) is 1. The van der Waals surface area contributed by atoms with Crippen LogP contribution in [-0.4, -0.2) is 38.0 Å². The van der Waals surface area contributed by atoms with E-state index in [1.165, 1.54) is 18.9 Å². The second kappa shape index (κ2) is 8.80. The van der Waals surface area contributed by atoms with Crippen LogP contribution in [0.25, 0.3) is 0 Å². The number of nitrogens with one attached hydrogen (secondary N) is 1. The Morgan fingerprint density at radius 1 is 1.04 bits per heavy atom. The summed E-state index contributed by atoms with van der Waals surface area (Å²) in [5.41, 5.74) is 2.51. The second-order valence-corrected chi connectivity index (χ2v) is 5.84. The number of anilines is 1. The number of amides is 2. The summed E-state index contributed by atoms with van der Waals surface area (Å²) >= 11 is 0. The maximum Gasteiger partial charge on any atom is 0.337 e. The quantitative estimate of drug-likeness (QED) is 0.809. The molecular weight excluding hydrogens is 332 g/mol. The molecule has 0 radical (unpaired) electrons. The van der Waals surface area contributed by atoms with E-state index >= 15 is 0 Å². The summed E-state index contributed by atoms with van der Waals surface area (Å²) in [6.07, 6.45) is 0. The van der Waals surface area contributed by atoms with Gasteiger partial charge in [0.1, 0.15) is 0 Å². The normalized spacial score (nSPS) is 10.1. The Bertz CT molecular complexity index is 817. The maximum atomic E-state index is 12.2. The van der Waals surface area contributed by atoms with Crippen molar-refractivity contribution in [2.45, 2.75) is 13.8 Å². The van der Waals surface area contributed by atoms with Crippen LogP contribution in [0.4, 0.5) is 5.69 Å². The highest BCUT2D eigenvalue weighted by Crippen LogP contribution is 2.17. The zero-order valence-electron chi connectivity index (χ0n) is 15.1. The van der Waals surface area contributed by atoms with Crippen molar-refractivity contribution in [2.75, 3.05) is 25.1 Å². The van der Waals surface area contributed by atoms with Gasteiger partial charge in [-0.2, -0.15) is 0 Å². The van der Waals surface area contributed by atoms with Gasteiger partial charge in [0.2, 0.25) is 5.91 Å². The van der Waals surface area contributed by atoms with Gasteiger partial charge in [0.25, 0.3) is 5.91 Å². The van der Waals surface area contributed by atoms with E-state index in [1.807, 2.05) is 19.1 Å². The van der Waals surface area contributed by atoms with Crippen molar-refractivity contribution in [2.24, 2.45) is 0 Å². The third-order valence-corrected chi connectivity index (χ3v) is 3.86. The molecule has 136 valence electrons. The molecule has 2 aromatic carbocycles. The third-order valence-electron chi connectivity index (χ3n) is 3.86. The highest BCUT2D eigenvalue weighted by atomic mass is 16.5. The van der Waals surface area contributed by atoms with Crippen LogP contribution in [0.2, 0.25) is 0 Å². The van der Waals surface area contributed by atoms with Crippen LogP contribution >= 0.6 is 0 Å². The van der Waals surface area contributed by atoms with Crippen LogP contribution in [0.5, 0.6) is 0 Å². The van der Waals surface area contributed by atoms with Gasteiger partial charge in [-0.3, -0.25) is 9.59 Å². The molecule has 2 aromatic rings. The Hall–Kier alpha value is -3.15. The fraction of sp³-hybridized carbons (Fsp3) is 0.250. The average Bonchev–Trinajstić information content (AvgIpc) is 2.64. The Labute approximate surface area is 152 Å². The van der Waals surface area contributed by atoms with Gasteiger partial charge in [0.05, 0.1) is 12.7 Å². The minimum atomic E-state index is -0.469. The first-order valence-corrected chi connectivity index (χ1v) is 8.23. The molecule has 0 spiro atoms. The molecular formula is C20H22N2O4. The van der Waals surface area contributed by atoms with Crippen molar-refractivity contribution in [1.82, 2.24) is 5.32 Å². The summed E-state index contributed by atoms with van der Waals surface area (Å²) in [5.74, 6) is -0.847. The highest BCUT2D eigenvalue weighted by molar-refractivity contribution is 5.96. The molecule has 0 aliphatic carbocycles. The molecule has 0 bridgehead atoms. The SMILES string of the molecule is COC(=O)c1cccc(N(CCNC(=O)c2cccc(C)c2)C(C)=O)c1. The lowest BCUT2D eigenvalue weighted by Gasteiger charge is -2.22. The summed E-state index contributed by atoms with van der Waals surface area (Å²) in [6.45, 7) is 3.93. The lowest BCUT2D eigenvalue weighted by Crippen LogP contribution is -2.37. The van der Waals surface area contributed by atoms with E-state index in [1.54, 1.807) is 36.4 Å². The minimum absolute atomic E-state index is 0.183. The number of nitrogens with zero attached hydrogens (tertiary/aromatic N) is 1. The van der Waals surface area contributed by atoms with Gasteiger partial charge >= 0.3 is 5.97 Å². The maximum absolute atomic E-state index is 12.2. The van der Waals surface area contributed by atoms with Crippen molar-refractivity contribution < 1.29 is 19.1 Å². The van der Waals surface area contributed by atoms with E-state index in [9.17, 15) is 14.4 Å². The molecule has 0 saturated heterocycles. The monoisotopic (exact) mass is 354 g/mol. The first-order chi connectivity index (χ1) is 12.4. The minimum Gasteiger partial charge on any atom is -0.465 e. The van der Waals surface area contributed by atoms with E-state index in [4.69, 9.17) is 4.74 Å². The van der Waals surface area contributed by atoms with Crippen LogP contribution in [0.15, 0.2) is 48.5 Å². The molecule has 0 aliphatic heterocycles. The van der Waals surface area contributed by atoms with Crippen LogP contribution < -0.4 is 10.2 Å². The van der Waals surface area contributed by atoms with Crippen LogP contribution in [0.1, 0.15) is 33.2 Å². The zero-order valence-corrected chi connectivity index (χ0v) is 15.1. The van der Waals surface area contributed by atoms with E-state index in [2.05, 4.69) is 5.32 Å². The Balaban J connectivity index is 2.04. The number of aryl methyl sites for hydroxylation is 1. The standard InChI is InChI=1S/C20H22N2O4/c1-14-6-4-7-16(12-14)19(24)21-10-11-22(15(2)23)18-9-5-8-17(13-18)20(25)26-3/h4-9,12-13H,10-11H2,1-3H3,(H,21,24). The summed E-state index contributed by atoms with van der Waals surface area (Å²) in [7, 11) is 1.30. The smallest absolute Gasteiger partial charge is 0.337 e. The number of esters is 1. The molecule has 2 amide bonds. The molecule has 0 aromatic heterocycles. The lowest BCUT2D eigenvalue weighted by molar-refractivity contribution is -0.116. The fourth-order valence-electron chi connectivity index (χ4n) is 2.56. The lowest BCUT2D eigenvalue weighted by atomic mass is 10.1. The number of hydrogen-bond donors (Lipinski definition) is 1. The second-order valence-electron chi connectivity index (χ2n) is 5.84. The van der Waals surface area contributed by atoms with E-state index < -0.39 is 5.97 Å². The van der Waals surface area contributed by atoms with Crippen molar-refractivity contribution in [3.63, 3.8) is 0 Å². The Kier molecular flexibility index (Phi) is 6.49.